The van der Waals surface area contributed by atoms with Crippen LogP contribution in [-0.4, -0.2) is 18.8 Å². The molecule has 0 unspecified atom stereocenters. The maximum absolute atomic E-state index is 11.2. The Balaban J connectivity index is 1.65. The highest BCUT2D eigenvalue weighted by atomic mass is 32.2. The number of hydrogen-bond acceptors (Lipinski definition) is 3. The lowest BCUT2D eigenvalue weighted by molar-refractivity contribution is -0.139. The first-order valence-corrected chi connectivity index (χ1v) is 8.59. The fourth-order valence-corrected chi connectivity index (χ4v) is 3.13. The Bertz CT molecular complexity index is 564. The van der Waals surface area contributed by atoms with Gasteiger partial charge in [0.25, 0.3) is 0 Å². The van der Waals surface area contributed by atoms with Gasteiger partial charge in [0.05, 0.1) is 13.5 Å². The average molecular weight is 314 g/mol. The molecule has 0 bridgehead atoms. The minimum Gasteiger partial charge on any atom is -0.469 e. The molecule has 0 aromatic heterocycles. The molecule has 0 saturated heterocycles. The molecule has 0 N–H and O–H groups in total. The quantitative estimate of drug-likeness (QED) is 0.407. The largest absolute Gasteiger partial charge is 0.469 e. The van der Waals surface area contributed by atoms with Gasteiger partial charge in [-0.2, -0.15) is 0 Å². The summed E-state index contributed by atoms with van der Waals surface area (Å²) in [6.07, 6.45) is 3.85. The number of hydrogen-bond donors (Lipinski definition) is 0. The molecule has 3 heteroatoms. The van der Waals surface area contributed by atoms with E-state index in [1.165, 1.54) is 30.4 Å². The highest BCUT2D eigenvalue weighted by Gasteiger charge is 2.02. The molecule has 116 valence electrons. The Morgan fingerprint density at radius 1 is 0.955 bits per heavy atom. The number of rotatable bonds is 8. The number of methoxy groups -OCH3 is 1. The van der Waals surface area contributed by atoms with Gasteiger partial charge in [-0.05, 0) is 48.3 Å². The molecule has 0 spiro atoms. The molecule has 0 aliphatic carbocycles. The lowest BCUT2D eigenvalue weighted by atomic mass is 10.1. The summed E-state index contributed by atoms with van der Waals surface area (Å²) in [5, 5.41) is 0. The highest BCUT2D eigenvalue weighted by molar-refractivity contribution is 7.99. The first-order valence-electron chi connectivity index (χ1n) is 7.60. The van der Waals surface area contributed by atoms with Crippen LogP contribution in [0.2, 0.25) is 0 Å². The van der Waals surface area contributed by atoms with E-state index in [0.717, 1.165) is 17.7 Å². The topological polar surface area (TPSA) is 26.3 Å². The van der Waals surface area contributed by atoms with Gasteiger partial charge in [0.15, 0.2) is 0 Å². The van der Waals surface area contributed by atoms with Crippen LogP contribution in [0, 0.1) is 0 Å². The van der Waals surface area contributed by atoms with Gasteiger partial charge in [-0.25, -0.2) is 0 Å². The summed E-state index contributed by atoms with van der Waals surface area (Å²) in [4.78, 5) is 12.5. The van der Waals surface area contributed by atoms with Gasteiger partial charge in [-0.3, -0.25) is 4.79 Å². The Kier molecular flexibility index (Phi) is 7.04. The molecule has 0 saturated carbocycles. The third-order valence-corrected chi connectivity index (χ3v) is 4.57. The molecular weight excluding hydrogens is 292 g/mol. The summed E-state index contributed by atoms with van der Waals surface area (Å²) >= 11 is 1.92. The molecule has 0 heterocycles. The summed E-state index contributed by atoms with van der Waals surface area (Å²) in [5.74, 6) is 0.968. The Morgan fingerprint density at radius 2 is 1.64 bits per heavy atom. The molecular formula is C19H22O2S. The van der Waals surface area contributed by atoms with Gasteiger partial charge in [0, 0.05) is 4.90 Å². The predicted molar refractivity (Wildman–Crippen MR) is 92.3 cm³/mol. The Morgan fingerprint density at radius 3 is 2.32 bits per heavy atom. The molecule has 2 aromatic rings. The number of benzene rings is 2. The third kappa shape index (κ3) is 5.94. The molecule has 2 nitrogen and oxygen atoms in total. The SMILES string of the molecule is COC(=O)Cc1ccc(CCCCSc2ccccc2)cc1. The van der Waals surface area contributed by atoms with Gasteiger partial charge in [0.1, 0.15) is 0 Å². The maximum Gasteiger partial charge on any atom is 0.309 e. The average Bonchev–Trinajstić information content (AvgIpc) is 2.57. The maximum atomic E-state index is 11.2. The van der Waals surface area contributed by atoms with E-state index in [1.807, 2.05) is 30.0 Å². The summed E-state index contributed by atoms with van der Waals surface area (Å²) in [6.45, 7) is 0. The highest BCUT2D eigenvalue weighted by Crippen LogP contribution is 2.19. The van der Waals surface area contributed by atoms with Crippen molar-refractivity contribution in [3.8, 4) is 0 Å². The lowest BCUT2D eigenvalue weighted by Crippen LogP contribution is -2.04. The smallest absolute Gasteiger partial charge is 0.309 e. The second-order valence-electron chi connectivity index (χ2n) is 5.19. The van der Waals surface area contributed by atoms with Gasteiger partial charge in [-0.15, -0.1) is 11.8 Å². The van der Waals surface area contributed by atoms with Crippen molar-refractivity contribution in [2.24, 2.45) is 0 Å². The molecule has 2 rings (SSSR count). The van der Waals surface area contributed by atoms with E-state index >= 15 is 0 Å². The van der Waals surface area contributed by atoms with Gasteiger partial charge < -0.3 is 4.74 Å². The third-order valence-electron chi connectivity index (χ3n) is 3.47. The van der Waals surface area contributed by atoms with E-state index in [4.69, 9.17) is 0 Å². The van der Waals surface area contributed by atoms with Crippen LogP contribution in [0.4, 0.5) is 0 Å². The van der Waals surface area contributed by atoms with Crippen molar-refractivity contribution in [3.05, 3.63) is 65.7 Å². The number of esters is 1. The standard InChI is InChI=1S/C19H22O2S/c1-21-19(20)15-17-12-10-16(11-13-17)7-5-6-14-22-18-8-3-2-4-9-18/h2-4,8-13H,5-7,14-15H2,1H3. The van der Waals surface area contributed by atoms with Crippen LogP contribution in [0.15, 0.2) is 59.5 Å². The van der Waals surface area contributed by atoms with E-state index in [9.17, 15) is 4.79 Å². The molecule has 0 aliphatic heterocycles. The van der Waals surface area contributed by atoms with Crippen LogP contribution >= 0.6 is 11.8 Å². The van der Waals surface area contributed by atoms with Gasteiger partial charge in [-0.1, -0.05) is 42.5 Å². The molecule has 2 aromatic carbocycles. The monoisotopic (exact) mass is 314 g/mol. The van der Waals surface area contributed by atoms with Gasteiger partial charge in [0.2, 0.25) is 0 Å². The van der Waals surface area contributed by atoms with Crippen LogP contribution in [0.3, 0.4) is 0 Å². The van der Waals surface area contributed by atoms with E-state index in [0.29, 0.717) is 6.42 Å². The Hall–Kier alpha value is -1.74. The van der Waals surface area contributed by atoms with Crippen molar-refractivity contribution in [3.63, 3.8) is 0 Å². The zero-order valence-electron chi connectivity index (χ0n) is 13.0. The summed E-state index contributed by atoms with van der Waals surface area (Å²) in [6, 6.07) is 18.8. The van der Waals surface area contributed by atoms with Crippen LogP contribution in [0.25, 0.3) is 0 Å². The van der Waals surface area contributed by atoms with Crippen LogP contribution in [0.5, 0.6) is 0 Å². The molecule has 0 fully saturated rings. The summed E-state index contributed by atoms with van der Waals surface area (Å²) in [7, 11) is 1.42. The van der Waals surface area contributed by atoms with Crippen LogP contribution in [-0.2, 0) is 22.4 Å². The van der Waals surface area contributed by atoms with Crippen molar-refractivity contribution in [2.45, 2.75) is 30.6 Å². The van der Waals surface area contributed by atoms with Crippen molar-refractivity contribution in [1.82, 2.24) is 0 Å². The van der Waals surface area contributed by atoms with Crippen molar-refractivity contribution < 1.29 is 9.53 Å². The minimum absolute atomic E-state index is 0.189. The van der Waals surface area contributed by atoms with Crippen LogP contribution in [0.1, 0.15) is 24.0 Å². The van der Waals surface area contributed by atoms with Crippen molar-refractivity contribution in [2.75, 3.05) is 12.9 Å². The molecule has 0 amide bonds. The zero-order chi connectivity index (χ0) is 15.6. The first-order chi connectivity index (χ1) is 10.8. The van der Waals surface area contributed by atoms with E-state index in [-0.39, 0.29) is 5.97 Å². The second kappa shape index (κ2) is 9.31. The van der Waals surface area contributed by atoms with E-state index in [1.54, 1.807) is 0 Å². The zero-order valence-corrected chi connectivity index (χ0v) is 13.8. The fourth-order valence-electron chi connectivity index (χ4n) is 2.20. The predicted octanol–water partition coefficient (Wildman–Crippen LogP) is 4.52. The number of unbranched alkanes of at least 4 members (excludes halogenated alkanes) is 1. The number of thioether (sulfide) groups is 1. The summed E-state index contributed by atoms with van der Waals surface area (Å²) in [5.41, 5.74) is 2.34. The second-order valence-corrected chi connectivity index (χ2v) is 6.36. The molecule has 0 radical (unpaired) electrons. The molecule has 0 atom stereocenters. The number of carbonyl (C=O) groups is 1. The number of carbonyl (C=O) groups excluding carboxylic acids is 1. The van der Waals surface area contributed by atoms with Crippen LogP contribution < -0.4 is 0 Å². The first kappa shape index (κ1) is 16.6. The van der Waals surface area contributed by atoms with E-state index in [2.05, 4.69) is 41.1 Å². The Labute approximate surface area is 136 Å². The minimum atomic E-state index is -0.189. The number of ether oxygens (including phenoxy) is 1. The fraction of sp³-hybridized carbons (Fsp3) is 0.316. The lowest BCUT2D eigenvalue weighted by Gasteiger charge is -2.04. The molecule has 22 heavy (non-hydrogen) atoms. The van der Waals surface area contributed by atoms with Crippen molar-refractivity contribution >= 4 is 17.7 Å². The molecule has 0 aliphatic rings. The van der Waals surface area contributed by atoms with Gasteiger partial charge >= 0.3 is 5.97 Å². The summed E-state index contributed by atoms with van der Waals surface area (Å²) < 4.78 is 4.67. The number of aryl methyl sites for hydroxylation is 1. The van der Waals surface area contributed by atoms with Crippen molar-refractivity contribution in [1.29, 1.82) is 0 Å². The van der Waals surface area contributed by atoms with E-state index < -0.39 is 0 Å². The normalized spacial score (nSPS) is 10.4.